The lowest BCUT2D eigenvalue weighted by Crippen LogP contribution is -1.90. The van der Waals surface area contributed by atoms with E-state index in [4.69, 9.17) is 39.3 Å². The summed E-state index contributed by atoms with van der Waals surface area (Å²) in [6.07, 6.45) is 0. The SMILES string of the molecule is OCc1c(-c2cccc(Cl)c2)noc1-c1cc(Cl)ccc1Cl. The molecule has 0 aliphatic rings. The molecular weight excluding hydrogens is 345 g/mol. The van der Waals surface area contributed by atoms with E-state index in [1.807, 2.05) is 6.07 Å². The molecule has 3 nitrogen and oxygen atoms in total. The molecule has 0 amide bonds. The van der Waals surface area contributed by atoms with Gasteiger partial charge in [0.25, 0.3) is 0 Å². The van der Waals surface area contributed by atoms with Gasteiger partial charge >= 0.3 is 0 Å². The molecule has 0 aliphatic heterocycles. The Labute approximate surface area is 142 Å². The minimum absolute atomic E-state index is 0.247. The minimum Gasteiger partial charge on any atom is -0.391 e. The van der Waals surface area contributed by atoms with Crippen LogP contribution in [0.25, 0.3) is 22.6 Å². The van der Waals surface area contributed by atoms with Gasteiger partial charge in [0, 0.05) is 21.2 Å². The molecule has 1 aromatic heterocycles. The van der Waals surface area contributed by atoms with Gasteiger partial charge in [0.05, 0.1) is 17.2 Å². The van der Waals surface area contributed by atoms with Crippen molar-refractivity contribution in [3.8, 4) is 22.6 Å². The molecule has 0 saturated carbocycles. The van der Waals surface area contributed by atoms with Gasteiger partial charge in [-0.1, -0.05) is 52.1 Å². The van der Waals surface area contributed by atoms with Crippen LogP contribution in [0.15, 0.2) is 47.0 Å². The maximum Gasteiger partial charge on any atom is 0.174 e. The lowest BCUT2D eigenvalue weighted by molar-refractivity contribution is 0.281. The van der Waals surface area contributed by atoms with E-state index in [0.717, 1.165) is 5.56 Å². The third-order valence-corrected chi connectivity index (χ3v) is 4.02. The van der Waals surface area contributed by atoms with E-state index in [9.17, 15) is 5.11 Å². The van der Waals surface area contributed by atoms with Gasteiger partial charge in [-0.15, -0.1) is 0 Å². The van der Waals surface area contributed by atoms with Crippen molar-refractivity contribution in [3.63, 3.8) is 0 Å². The van der Waals surface area contributed by atoms with Crippen LogP contribution in [0.5, 0.6) is 0 Å². The first kappa shape index (κ1) is 15.4. The van der Waals surface area contributed by atoms with Crippen LogP contribution in [0.4, 0.5) is 0 Å². The van der Waals surface area contributed by atoms with Gasteiger partial charge in [-0.05, 0) is 30.3 Å². The Morgan fingerprint density at radius 3 is 2.50 bits per heavy atom. The minimum atomic E-state index is -0.247. The highest BCUT2D eigenvalue weighted by molar-refractivity contribution is 6.35. The fourth-order valence-electron chi connectivity index (χ4n) is 2.20. The van der Waals surface area contributed by atoms with E-state index in [-0.39, 0.29) is 6.61 Å². The van der Waals surface area contributed by atoms with Crippen LogP contribution < -0.4 is 0 Å². The van der Waals surface area contributed by atoms with Crippen molar-refractivity contribution >= 4 is 34.8 Å². The van der Waals surface area contributed by atoms with Crippen molar-refractivity contribution in [2.45, 2.75) is 6.61 Å². The average molecular weight is 355 g/mol. The van der Waals surface area contributed by atoms with Crippen LogP contribution in [0.3, 0.4) is 0 Å². The molecule has 0 atom stereocenters. The number of aliphatic hydroxyl groups is 1. The van der Waals surface area contributed by atoms with E-state index >= 15 is 0 Å². The summed E-state index contributed by atoms with van der Waals surface area (Å²) >= 11 is 18.2. The Kier molecular flexibility index (Phi) is 4.41. The molecule has 112 valence electrons. The van der Waals surface area contributed by atoms with Crippen molar-refractivity contribution in [1.82, 2.24) is 5.16 Å². The molecular formula is C16H10Cl3NO2. The second-order valence-electron chi connectivity index (χ2n) is 4.63. The van der Waals surface area contributed by atoms with Crippen molar-refractivity contribution in [3.05, 3.63) is 63.1 Å². The molecule has 1 N–H and O–H groups in total. The molecule has 1 heterocycles. The van der Waals surface area contributed by atoms with Crippen LogP contribution in [-0.4, -0.2) is 10.3 Å². The summed E-state index contributed by atoms with van der Waals surface area (Å²) in [7, 11) is 0. The van der Waals surface area contributed by atoms with Crippen LogP contribution >= 0.6 is 34.8 Å². The number of hydrogen-bond donors (Lipinski definition) is 1. The van der Waals surface area contributed by atoms with Crippen LogP contribution in [-0.2, 0) is 6.61 Å². The molecule has 2 aromatic carbocycles. The second-order valence-corrected chi connectivity index (χ2v) is 5.91. The topological polar surface area (TPSA) is 46.3 Å². The number of aliphatic hydroxyl groups excluding tert-OH is 1. The maximum atomic E-state index is 9.73. The summed E-state index contributed by atoms with van der Waals surface area (Å²) in [5, 5.41) is 15.3. The molecule has 0 bridgehead atoms. The standard InChI is InChI=1S/C16H10Cl3NO2/c17-10-3-1-2-9(6-10)15-13(8-21)16(22-20-15)12-7-11(18)4-5-14(12)19/h1-7,21H,8H2. The lowest BCUT2D eigenvalue weighted by atomic mass is 10.0. The molecule has 0 fully saturated rings. The van der Waals surface area contributed by atoms with Gasteiger partial charge in [-0.3, -0.25) is 0 Å². The first-order chi connectivity index (χ1) is 10.6. The normalized spacial score (nSPS) is 10.9. The van der Waals surface area contributed by atoms with Gasteiger partial charge in [0.2, 0.25) is 0 Å². The number of hydrogen-bond acceptors (Lipinski definition) is 3. The Morgan fingerprint density at radius 1 is 1.00 bits per heavy atom. The van der Waals surface area contributed by atoms with Crippen molar-refractivity contribution in [2.75, 3.05) is 0 Å². The molecule has 22 heavy (non-hydrogen) atoms. The Morgan fingerprint density at radius 2 is 1.77 bits per heavy atom. The Bertz CT molecular complexity index is 830. The zero-order chi connectivity index (χ0) is 15.7. The van der Waals surface area contributed by atoms with Gasteiger partial charge in [0.15, 0.2) is 5.76 Å². The summed E-state index contributed by atoms with van der Waals surface area (Å²) in [6.45, 7) is -0.247. The third kappa shape index (κ3) is 2.85. The summed E-state index contributed by atoms with van der Waals surface area (Å²) in [5.41, 5.74) is 2.39. The first-order valence-corrected chi connectivity index (χ1v) is 7.54. The number of benzene rings is 2. The average Bonchev–Trinajstić information content (AvgIpc) is 2.93. The highest BCUT2D eigenvalue weighted by Gasteiger charge is 2.20. The number of halogens is 3. The molecule has 0 spiro atoms. The molecule has 0 radical (unpaired) electrons. The molecule has 0 unspecified atom stereocenters. The molecule has 0 aliphatic carbocycles. The zero-order valence-electron chi connectivity index (χ0n) is 11.2. The highest BCUT2D eigenvalue weighted by atomic mass is 35.5. The van der Waals surface area contributed by atoms with Crippen LogP contribution in [0.2, 0.25) is 15.1 Å². The van der Waals surface area contributed by atoms with Gasteiger partial charge in [-0.25, -0.2) is 0 Å². The van der Waals surface area contributed by atoms with Crippen molar-refractivity contribution in [2.24, 2.45) is 0 Å². The van der Waals surface area contributed by atoms with Crippen molar-refractivity contribution < 1.29 is 9.63 Å². The summed E-state index contributed by atoms with van der Waals surface area (Å²) < 4.78 is 5.41. The van der Waals surface area contributed by atoms with Crippen molar-refractivity contribution in [1.29, 1.82) is 0 Å². The quantitative estimate of drug-likeness (QED) is 0.679. The largest absolute Gasteiger partial charge is 0.391 e. The highest BCUT2D eigenvalue weighted by Crippen LogP contribution is 2.37. The zero-order valence-corrected chi connectivity index (χ0v) is 13.5. The van der Waals surface area contributed by atoms with Crippen LogP contribution in [0, 0.1) is 0 Å². The fourth-order valence-corrected chi connectivity index (χ4v) is 2.77. The van der Waals surface area contributed by atoms with E-state index in [0.29, 0.717) is 37.6 Å². The molecule has 6 heteroatoms. The van der Waals surface area contributed by atoms with Crippen LogP contribution in [0.1, 0.15) is 5.56 Å². The number of nitrogens with zero attached hydrogens (tertiary/aromatic N) is 1. The van der Waals surface area contributed by atoms with E-state index in [1.54, 1.807) is 36.4 Å². The number of rotatable bonds is 3. The number of aromatic nitrogens is 1. The molecule has 3 rings (SSSR count). The second kappa shape index (κ2) is 6.31. The van der Waals surface area contributed by atoms with E-state index in [2.05, 4.69) is 5.16 Å². The summed E-state index contributed by atoms with van der Waals surface area (Å²) in [4.78, 5) is 0. The third-order valence-electron chi connectivity index (χ3n) is 3.22. The van der Waals surface area contributed by atoms with E-state index in [1.165, 1.54) is 0 Å². The molecule has 3 aromatic rings. The molecule has 0 saturated heterocycles. The predicted molar refractivity (Wildman–Crippen MR) is 88.3 cm³/mol. The van der Waals surface area contributed by atoms with E-state index < -0.39 is 0 Å². The monoisotopic (exact) mass is 353 g/mol. The summed E-state index contributed by atoms with van der Waals surface area (Å²) in [5.74, 6) is 0.393. The van der Waals surface area contributed by atoms with Gasteiger partial charge < -0.3 is 9.63 Å². The predicted octanol–water partition coefficient (Wildman–Crippen LogP) is 5.46. The van der Waals surface area contributed by atoms with Gasteiger partial charge in [0.1, 0.15) is 5.69 Å². The summed E-state index contributed by atoms with van der Waals surface area (Å²) in [6, 6.07) is 12.2. The smallest absolute Gasteiger partial charge is 0.174 e. The lowest BCUT2D eigenvalue weighted by Gasteiger charge is -2.04. The first-order valence-electron chi connectivity index (χ1n) is 6.41. The fraction of sp³-hybridized carbons (Fsp3) is 0.0625. The Hall–Kier alpha value is -1.52. The van der Waals surface area contributed by atoms with Gasteiger partial charge in [-0.2, -0.15) is 0 Å². The Balaban J connectivity index is 2.17. The maximum absolute atomic E-state index is 9.73.